The standard InChI is InChI=1S/C13H14F6N2O4S/c1-2-5-26(23,24)21(7-12(14,15)16)11(22)9-3-4-10(20-6-9)25-8-13(17,18)19/h3-4,6H,2,5,7-8H2,1H3. The Bertz CT molecular complexity index is 716. The van der Waals surface area contributed by atoms with Gasteiger partial charge in [0, 0.05) is 12.3 Å². The molecule has 0 radical (unpaired) electrons. The fourth-order valence-corrected chi connectivity index (χ4v) is 3.16. The number of carbonyl (C=O) groups is 1. The number of carbonyl (C=O) groups excluding carboxylic acids is 1. The fraction of sp³-hybridized carbons (Fsp3) is 0.538. The highest BCUT2D eigenvalue weighted by atomic mass is 32.2. The summed E-state index contributed by atoms with van der Waals surface area (Å²) >= 11 is 0. The second-order valence-electron chi connectivity index (χ2n) is 5.03. The summed E-state index contributed by atoms with van der Waals surface area (Å²) in [7, 11) is -4.54. The Morgan fingerprint density at radius 2 is 1.77 bits per heavy atom. The Labute approximate surface area is 144 Å². The topological polar surface area (TPSA) is 76.6 Å². The molecule has 26 heavy (non-hydrogen) atoms. The quantitative estimate of drug-likeness (QED) is 0.649. The zero-order valence-electron chi connectivity index (χ0n) is 13.3. The number of amides is 1. The van der Waals surface area contributed by atoms with Gasteiger partial charge >= 0.3 is 12.4 Å². The van der Waals surface area contributed by atoms with E-state index in [4.69, 9.17) is 0 Å². The summed E-state index contributed by atoms with van der Waals surface area (Å²) in [5.74, 6) is -2.71. The van der Waals surface area contributed by atoms with Crippen LogP contribution in [0.5, 0.6) is 5.88 Å². The van der Waals surface area contributed by atoms with Gasteiger partial charge in [-0.05, 0) is 12.5 Å². The zero-order chi connectivity index (χ0) is 20.2. The molecule has 0 unspecified atom stereocenters. The van der Waals surface area contributed by atoms with Crippen LogP contribution in [-0.4, -0.2) is 54.9 Å². The summed E-state index contributed by atoms with van der Waals surface area (Å²) in [4.78, 5) is 15.5. The van der Waals surface area contributed by atoms with Gasteiger partial charge in [-0.2, -0.15) is 26.3 Å². The first-order valence-corrected chi connectivity index (χ1v) is 8.63. The minimum Gasteiger partial charge on any atom is -0.468 e. The van der Waals surface area contributed by atoms with E-state index in [1.165, 1.54) is 6.92 Å². The van der Waals surface area contributed by atoms with Crippen LogP contribution in [0.4, 0.5) is 26.3 Å². The van der Waals surface area contributed by atoms with E-state index in [1.54, 1.807) is 0 Å². The van der Waals surface area contributed by atoms with Crippen molar-refractivity contribution in [2.45, 2.75) is 25.7 Å². The van der Waals surface area contributed by atoms with Gasteiger partial charge in [-0.1, -0.05) is 6.92 Å². The molecule has 0 fully saturated rings. The van der Waals surface area contributed by atoms with Gasteiger partial charge < -0.3 is 4.74 Å². The number of alkyl halides is 6. The third-order valence-electron chi connectivity index (χ3n) is 2.71. The molecule has 1 heterocycles. The number of sulfonamides is 1. The second kappa shape index (κ2) is 8.10. The molecular formula is C13H14F6N2O4S. The molecule has 0 aliphatic carbocycles. The summed E-state index contributed by atoms with van der Waals surface area (Å²) < 4.78 is 102. The Balaban J connectivity index is 3.04. The predicted octanol–water partition coefficient (Wildman–Crippen LogP) is 2.77. The van der Waals surface area contributed by atoms with Gasteiger partial charge in [-0.3, -0.25) is 4.79 Å². The Morgan fingerprint density at radius 1 is 1.15 bits per heavy atom. The van der Waals surface area contributed by atoms with Gasteiger partial charge in [-0.25, -0.2) is 17.7 Å². The fourth-order valence-electron chi connectivity index (χ4n) is 1.72. The number of ether oxygens (including phenoxy) is 1. The maximum absolute atomic E-state index is 12.6. The van der Waals surface area contributed by atoms with Crippen molar-refractivity contribution in [3.05, 3.63) is 23.9 Å². The van der Waals surface area contributed by atoms with Crippen LogP contribution < -0.4 is 4.74 Å². The number of aromatic nitrogens is 1. The van der Waals surface area contributed by atoms with Gasteiger partial charge in [0.15, 0.2) is 6.61 Å². The smallest absolute Gasteiger partial charge is 0.422 e. The molecule has 0 atom stereocenters. The molecule has 0 bridgehead atoms. The van der Waals surface area contributed by atoms with Crippen molar-refractivity contribution in [3.63, 3.8) is 0 Å². The highest BCUT2D eigenvalue weighted by molar-refractivity contribution is 7.89. The predicted molar refractivity (Wildman–Crippen MR) is 77.0 cm³/mol. The average Bonchev–Trinajstić information content (AvgIpc) is 2.49. The van der Waals surface area contributed by atoms with Crippen LogP contribution in [0.2, 0.25) is 0 Å². The number of rotatable bonds is 7. The molecule has 0 spiro atoms. The number of pyridine rings is 1. The van der Waals surface area contributed by atoms with E-state index in [9.17, 15) is 39.6 Å². The maximum atomic E-state index is 12.6. The van der Waals surface area contributed by atoms with E-state index in [0.29, 0.717) is 6.20 Å². The molecule has 13 heteroatoms. The number of hydrogen-bond donors (Lipinski definition) is 0. The molecule has 0 aliphatic heterocycles. The molecule has 1 rings (SSSR count). The van der Waals surface area contributed by atoms with Crippen molar-refractivity contribution in [3.8, 4) is 5.88 Å². The molecule has 1 amide bonds. The Hall–Kier alpha value is -2.05. The van der Waals surface area contributed by atoms with Gasteiger partial charge in [0.05, 0.1) is 11.3 Å². The molecule has 6 nitrogen and oxygen atoms in total. The van der Waals surface area contributed by atoms with Crippen LogP contribution in [0.25, 0.3) is 0 Å². The van der Waals surface area contributed by atoms with Gasteiger partial charge in [0.25, 0.3) is 5.91 Å². The molecule has 0 aliphatic rings. The summed E-state index contributed by atoms with van der Waals surface area (Å²) in [5.41, 5.74) is -0.548. The van der Waals surface area contributed by atoms with E-state index in [2.05, 4.69) is 9.72 Å². The van der Waals surface area contributed by atoms with Crippen molar-refractivity contribution in [1.29, 1.82) is 0 Å². The molecule has 0 saturated heterocycles. The molecule has 1 aromatic rings. The molecule has 0 N–H and O–H groups in total. The monoisotopic (exact) mass is 408 g/mol. The van der Waals surface area contributed by atoms with Crippen LogP contribution in [0, 0.1) is 0 Å². The first kappa shape index (κ1) is 22.0. The third-order valence-corrected chi connectivity index (χ3v) is 4.60. The van der Waals surface area contributed by atoms with E-state index in [-0.39, 0.29) is 10.7 Å². The van der Waals surface area contributed by atoms with Crippen molar-refractivity contribution < 1.29 is 44.3 Å². The lowest BCUT2D eigenvalue weighted by atomic mass is 10.2. The molecular weight excluding hydrogens is 394 g/mol. The van der Waals surface area contributed by atoms with Crippen molar-refractivity contribution in [1.82, 2.24) is 9.29 Å². The molecule has 148 valence electrons. The lowest BCUT2D eigenvalue weighted by Crippen LogP contribution is -2.44. The molecule has 0 saturated carbocycles. The van der Waals surface area contributed by atoms with E-state index in [1.807, 2.05) is 0 Å². The number of hydrogen-bond acceptors (Lipinski definition) is 5. The van der Waals surface area contributed by atoms with Crippen LogP contribution in [-0.2, 0) is 10.0 Å². The average molecular weight is 408 g/mol. The van der Waals surface area contributed by atoms with Crippen molar-refractivity contribution in [2.75, 3.05) is 18.9 Å². The van der Waals surface area contributed by atoms with Crippen LogP contribution in [0.15, 0.2) is 18.3 Å². The van der Waals surface area contributed by atoms with Crippen molar-refractivity contribution in [2.24, 2.45) is 0 Å². The molecule has 1 aromatic heterocycles. The minimum atomic E-state index is -4.97. The SMILES string of the molecule is CCCS(=O)(=O)N(CC(F)(F)F)C(=O)c1ccc(OCC(F)(F)F)nc1. The van der Waals surface area contributed by atoms with Crippen molar-refractivity contribution >= 4 is 15.9 Å². The zero-order valence-corrected chi connectivity index (χ0v) is 14.1. The van der Waals surface area contributed by atoms with E-state index >= 15 is 0 Å². The minimum absolute atomic E-state index is 0.0214. The summed E-state index contributed by atoms with van der Waals surface area (Å²) in [6.07, 6.45) is -8.99. The number of halogens is 6. The summed E-state index contributed by atoms with van der Waals surface area (Å²) in [6, 6.07) is 1.64. The summed E-state index contributed by atoms with van der Waals surface area (Å²) in [5, 5.41) is 0. The van der Waals surface area contributed by atoms with Gasteiger partial charge in [-0.15, -0.1) is 0 Å². The Kier molecular flexibility index (Phi) is 6.85. The highest BCUT2D eigenvalue weighted by Gasteiger charge is 2.39. The number of nitrogens with zero attached hydrogens (tertiary/aromatic N) is 2. The first-order valence-electron chi connectivity index (χ1n) is 7.02. The van der Waals surface area contributed by atoms with Gasteiger partial charge in [0.1, 0.15) is 6.54 Å². The first-order chi connectivity index (χ1) is 11.7. The Morgan fingerprint density at radius 3 is 2.19 bits per heavy atom. The van der Waals surface area contributed by atoms with E-state index in [0.717, 1.165) is 12.1 Å². The third kappa shape index (κ3) is 7.06. The maximum Gasteiger partial charge on any atom is 0.422 e. The second-order valence-corrected chi connectivity index (χ2v) is 7.04. The summed E-state index contributed by atoms with van der Waals surface area (Å²) in [6.45, 7) is -2.28. The highest BCUT2D eigenvalue weighted by Crippen LogP contribution is 2.22. The van der Waals surface area contributed by atoms with E-state index < -0.39 is 58.6 Å². The van der Waals surface area contributed by atoms with Crippen LogP contribution >= 0.6 is 0 Å². The lowest BCUT2D eigenvalue weighted by molar-refractivity contribution is -0.154. The normalized spacial score (nSPS) is 12.7. The van der Waals surface area contributed by atoms with Gasteiger partial charge in [0.2, 0.25) is 15.9 Å². The van der Waals surface area contributed by atoms with Crippen LogP contribution in [0.1, 0.15) is 23.7 Å². The molecule has 0 aromatic carbocycles. The lowest BCUT2D eigenvalue weighted by Gasteiger charge is -2.23. The largest absolute Gasteiger partial charge is 0.468 e. The van der Waals surface area contributed by atoms with Crippen LogP contribution in [0.3, 0.4) is 0 Å².